The van der Waals surface area contributed by atoms with E-state index in [4.69, 9.17) is 0 Å². The highest BCUT2D eigenvalue weighted by Crippen LogP contribution is 2.23. The predicted octanol–water partition coefficient (Wildman–Crippen LogP) is 2.70. The molecule has 1 aliphatic carbocycles. The minimum atomic E-state index is 0.742. The number of rotatable bonds is 4. The Morgan fingerprint density at radius 1 is 1.28 bits per heavy atom. The van der Waals surface area contributed by atoms with Crippen molar-refractivity contribution in [3.05, 3.63) is 47.9 Å². The Morgan fingerprint density at radius 3 is 2.89 bits per heavy atom. The normalized spacial score (nSPS) is 14.7. The second kappa shape index (κ2) is 4.86. The van der Waals surface area contributed by atoms with Gasteiger partial charge in [0.1, 0.15) is 0 Å². The summed E-state index contributed by atoms with van der Waals surface area (Å²) in [4.78, 5) is 8.51. The number of benzene rings is 1. The van der Waals surface area contributed by atoms with Gasteiger partial charge in [0.15, 0.2) is 0 Å². The molecule has 0 spiro atoms. The molecular formula is C15H17N3. The van der Waals surface area contributed by atoms with E-state index in [-0.39, 0.29) is 0 Å². The summed E-state index contributed by atoms with van der Waals surface area (Å²) < 4.78 is 0. The average Bonchev–Trinajstić information content (AvgIpc) is 3.23. The number of aryl methyl sites for hydroxylation is 1. The molecule has 1 heterocycles. The first-order valence-corrected chi connectivity index (χ1v) is 6.42. The first-order valence-electron chi connectivity index (χ1n) is 6.42. The van der Waals surface area contributed by atoms with E-state index in [0.717, 1.165) is 18.3 Å². The number of nitrogens with zero attached hydrogens (tertiary/aromatic N) is 2. The monoisotopic (exact) mass is 239 g/mol. The fourth-order valence-electron chi connectivity index (χ4n) is 2.04. The van der Waals surface area contributed by atoms with E-state index in [1.807, 2.05) is 6.20 Å². The van der Waals surface area contributed by atoms with Crippen LogP contribution in [0.3, 0.4) is 0 Å². The first kappa shape index (κ1) is 11.4. The molecule has 0 bridgehead atoms. The third-order valence-corrected chi connectivity index (χ3v) is 3.31. The van der Waals surface area contributed by atoms with Crippen LogP contribution in [0.5, 0.6) is 0 Å². The molecule has 0 radical (unpaired) electrons. The predicted molar refractivity (Wildman–Crippen MR) is 72.1 cm³/mol. The summed E-state index contributed by atoms with van der Waals surface area (Å²) in [6, 6.07) is 7.30. The zero-order valence-corrected chi connectivity index (χ0v) is 10.6. The van der Waals surface area contributed by atoms with E-state index in [9.17, 15) is 0 Å². The molecule has 0 amide bonds. The van der Waals surface area contributed by atoms with Crippen LogP contribution in [-0.2, 0) is 6.54 Å². The lowest BCUT2D eigenvalue weighted by Gasteiger charge is -2.09. The Labute approximate surface area is 107 Å². The Kier molecular flexibility index (Phi) is 3.07. The second-order valence-electron chi connectivity index (χ2n) is 4.90. The zero-order chi connectivity index (χ0) is 12.4. The Balaban J connectivity index is 1.85. The molecule has 3 nitrogen and oxygen atoms in total. The molecule has 1 saturated carbocycles. The minimum absolute atomic E-state index is 0.742. The number of aromatic nitrogens is 2. The van der Waals surface area contributed by atoms with Gasteiger partial charge < -0.3 is 5.32 Å². The highest BCUT2D eigenvalue weighted by Gasteiger charge is 2.20. The summed E-state index contributed by atoms with van der Waals surface area (Å²) in [6.07, 6.45) is 7.91. The molecular weight excluding hydrogens is 222 g/mol. The summed E-state index contributed by atoms with van der Waals surface area (Å²) in [5, 5.41) is 3.53. The fraction of sp³-hybridized carbons (Fsp3) is 0.333. The lowest BCUT2D eigenvalue weighted by molar-refractivity contribution is 0.688. The van der Waals surface area contributed by atoms with Crippen molar-refractivity contribution in [1.82, 2.24) is 15.3 Å². The van der Waals surface area contributed by atoms with Crippen molar-refractivity contribution in [3.8, 4) is 11.3 Å². The molecule has 1 aromatic carbocycles. The van der Waals surface area contributed by atoms with Crippen LogP contribution in [0.25, 0.3) is 11.3 Å². The van der Waals surface area contributed by atoms with Gasteiger partial charge >= 0.3 is 0 Å². The molecule has 0 atom stereocenters. The van der Waals surface area contributed by atoms with Crippen LogP contribution >= 0.6 is 0 Å². The molecule has 1 N–H and O–H groups in total. The third kappa shape index (κ3) is 2.57. The molecule has 2 aromatic rings. The Hall–Kier alpha value is -1.74. The summed E-state index contributed by atoms with van der Waals surface area (Å²) in [6.45, 7) is 3.06. The van der Waals surface area contributed by atoms with Gasteiger partial charge in [0, 0.05) is 30.5 Å². The molecule has 1 aromatic heterocycles. The van der Waals surface area contributed by atoms with E-state index in [1.54, 1.807) is 12.4 Å². The lowest BCUT2D eigenvalue weighted by Crippen LogP contribution is -2.15. The van der Waals surface area contributed by atoms with Crippen molar-refractivity contribution in [3.63, 3.8) is 0 Å². The highest BCUT2D eigenvalue weighted by molar-refractivity contribution is 5.63. The molecule has 92 valence electrons. The quantitative estimate of drug-likeness (QED) is 0.891. The third-order valence-electron chi connectivity index (χ3n) is 3.31. The topological polar surface area (TPSA) is 37.8 Å². The smallest absolute Gasteiger partial charge is 0.0887 e. The van der Waals surface area contributed by atoms with E-state index in [2.05, 4.69) is 40.4 Å². The molecule has 1 aliphatic rings. The van der Waals surface area contributed by atoms with E-state index in [1.165, 1.54) is 29.5 Å². The Morgan fingerprint density at radius 2 is 2.17 bits per heavy atom. The summed E-state index contributed by atoms with van der Waals surface area (Å²) in [5.74, 6) is 0. The molecule has 3 heteroatoms. The molecule has 3 rings (SSSR count). The van der Waals surface area contributed by atoms with Gasteiger partial charge in [0.2, 0.25) is 0 Å². The fourth-order valence-corrected chi connectivity index (χ4v) is 2.04. The maximum absolute atomic E-state index is 4.38. The molecule has 0 saturated heterocycles. The van der Waals surface area contributed by atoms with Gasteiger partial charge in [-0.15, -0.1) is 0 Å². The molecule has 18 heavy (non-hydrogen) atoms. The largest absolute Gasteiger partial charge is 0.310 e. The van der Waals surface area contributed by atoms with Crippen LogP contribution in [-0.4, -0.2) is 16.0 Å². The van der Waals surface area contributed by atoms with Crippen molar-refractivity contribution in [2.24, 2.45) is 0 Å². The number of hydrogen-bond donors (Lipinski definition) is 1. The maximum Gasteiger partial charge on any atom is 0.0887 e. The van der Waals surface area contributed by atoms with Gasteiger partial charge in [0.05, 0.1) is 11.9 Å². The van der Waals surface area contributed by atoms with Gasteiger partial charge in [-0.05, 0) is 37.0 Å². The van der Waals surface area contributed by atoms with Gasteiger partial charge in [-0.25, -0.2) is 0 Å². The summed E-state index contributed by atoms with van der Waals surface area (Å²) >= 11 is 0. The molecule has 1 fully saturated rings. The van der Waals surface area contributed by atoms with Gasteiger partial charge in [0.25, 0.3) is 0 Å². The number of hydrogen-bond acceptors (Lipinski definition) is 3. The molecule has 0 aliphatic heterocycles. The number of nitrogens with one attached hydrogen (secondary N) is 1. The van der Waals surface area contributed by atoms with E-state index >= 15 is 0 Å². The SMILES string of the molecule is Cc1ccc(CNC2CC2)cc1-c1cnccn1. The first-order chi connectivity index (χ1) is 8.83. The van der Waals surface area contributed by atoms with Crippen molar-refractivity contribution in [1.29, 1.82) is 0 Å². The minimum Gasteiger partial charge on any atom is -0.310 e. The van der Waals surface area contributed by atoms with Gasteiger partial charge in [-0.2, -0.15) is 0 Å². The van der Waals surface area contributed by atoms with Crippen molar-refractivity contribution >= 4 is 0 Å². The van der Waals surface area contributed by atoms with Crippen LogP contribution in [0, 0.1) is 6.92 Å². The summed E-state index contributed by atoms with van der Waals surface area (Å²) in [5.41, 5.74) is 4.68. The van der Waals surface area contributed by atoms with Crippen LogP contribution in [0.1, 0.15) is 24.0 Å². The standard InChI is InChI=1S/C15H17N3/c1-11-2-3-12(9-18-13-4-5-13)8-14(11)15-10-16-6-7-17-15/h2-3,6-8,10,13,18H,4-5,9H2,1H3. The van der Waals surface area contributed by atoms with Gasteiger partial charge in [-0.3, -0.25) is 9.97 Å². The van der Waals surface area contributed by atoms with Crippen LogP contribution in [0.2, 0.25) is 0 Å². The zero-order valence-electron chi connectivity index (χ0n) is 10.6. The highest BCUT2D eigenvalue weighted by atomic mass is 14.9. The average molecular weight is 239 g/mol. The van der Waals surface area contributed by atoms with Crippen molar-refractivity contribution in [2.75, 3.05) is 0 Å². The van der Waals surface area contributed by atoms with Crippen LogP contribution in [0.4, 0.5) is 0 Å². The Bertz CT molecular complexity index is 533. The maximum atomic E-state index is 4.38. The van der Waals surface area contributed by atoms with Crippen molar-refractivity contribution in [2.45, 2.75) is 32.4 Å². The lowest BCUT2D eigenvalue weighted by atomic mass is 10.0. The van der Waals surface area contributed by atoms with E-state index in [0.29, 0.717) is 0 Å². The van der Waals surface area contributed by atoms with Crippen LogP contribution < -0.4 is 5.32 Å². The summed E-state index contributed by atoms with van der Waals surface area (Å²) in [7, 11) is 0. The van der Waals surface area contributed by atoms with E-state index < -0.39 is 0 Å². The van der Waals surface area contributed by atoms with Crippen molar-refractivity contribution < 1.29 is 0 Å². The van der Waals surface area contributed by atoms with Gasteiger partial charge in [-0.1, -0.05) is 12.1 Å². The van der Waals surface area contributed by atoms with Crippen LogP contribution in [0.15, 0.2) is 36.8 Å². The second-order valence-corrected chi connectivity index (χ2v) is 4.90. The molecule has 0 unspecified atom stereocenters.